The summed E-state index contributed by atoms with van der Waals surface area (Å²) in [5, 5.41) is 14.0. The molecule has 8 heteroatoms. The Morgan fingerprint density at radius 1 is 1.15 bits per heavy atom. The van der Waals surface area contributed by atoms with Crippen LogP contribution >= 0.6 is 11.6 Å². The minimum atomic E-state index is -0.143. The van der Waals surface area contributed by atoms with E-state index in [-0.39, 0.29) is 5.91 Å². The first-order valence-electron chi connectivity index (χ1n) is 8.71. The summed E-state index contributed by atoms with van der Waals surface area (Å²) in [6.07, 6.45) is 3.29. The molecule has 7 nitrogen and oxygen atoms in total. The van der Waals surface area contributed by atoms with Gasteiger partial charge in [0.05, 0.1) is 34.4 Å². The molecule has 2 heterocycles. The largest absolute Gasteiger partial charge is 0.354 e. The Morgan fingerprint density at radius 2 is 1.96 bits per heavy atom. The maximum Gasteiger partial charge on any atom is 0.253 e. The van der Waals surface area contributed by atoms with E-state index < -0.39 is 0 Å². The van der Waals surface area contributed by atoms with Crippen molar-refractivity contribution >= 4 is 40.5 Å². The lowest BCUT2D eigenvalue weighted by atomic mass is 10.1. The summed E-state index contributed by atoms with van der Waals surface area (Å²) < 4.78 is 1.83. The van der Waals surface area contributed by atoms with Gasteiger partial charge in [-0.2, -0.15) is 5.10 Å². The zero-order valence-corrected chi connectivity index (χ0v) is 15.9. The van der Waals surface area contributed by atoms with Gasteiger partial charge in [0, 0.05) is 25.2 Å². The number of amides is 1. The average Bonchev–Trinajstić information content (AvgIpc) is 3.12. The topological polar surface area (TPSA) is 83.9 Å². The van der Waals surface area contributed by atoms with Crippen LogP contribution < -0.4 is 16.0 Å². The van der Waals surface area contributed by atoms with Gasteiger partial charge in [0.15, 0.2) is 0 Å². The number of aryl methyl sites for hydroxylation is 1. The summed E-state index contributed by atoms with van der Waals surface area (Å²) in [6.45, 7) is 5.20. The molecule has 2 aromatic heterocycles. The molecular formula is C19H21ClN6O. The van der Waals surface area contributed by atoms with Crippen LogP contribution in [-0.2, 0) is 6.54 Å². The van der Waals surface area contributed by atoms with Crippen LogP contribution in [0.4, 0.5) is 23.0 Å². The smallest absolute Gasteiger partial charge is 0.253 e. The number of hydrogen-bond acceptors (Lipinski definition) is 5. The molecule has 3 aromatic rings. The van der Waals surface area contributed by atoms with E-state index in [2.05, 4.69) is 26.0 Å². The molecule has 0 aliphatic heterocycles. The molecule has 0 spiro atoms. The number of carbonyl (C=O) groups excluding carboxylic acids is 1. The van der Waals surface area contributed by atoms with Gasteiger partial charge in [-0.3, -0.25) is 4.79 Å². The fraction of sp³-hybridized carbons (Fsp3) is 0.211. The maximum atomic E-state index is 12.3. The third-order valence-corrected chi connectivity index (χ3v) is 4.21. The number of halogens is 1. The van der Waals surface area contributed by atoms with Gasteiger partial charge in [-0.15, -0.1) is 0 Å². The molecule has 140 valence electrons. The fourth-order valence-corrected chi connectivity index (χ4v) is 2.77. The third kappa shape index (κ3) is 4.38. The van der Waals surface area contributed by atoms with Crippen molar-refractivity contribution in [3.8, 4) is 0 Å². The van der Waals surface area contributed by atoms with Crippen LogP contribution in [-0.4, -0.2) is 27.2 Å². The Morgan fingerprint density at radius 3 is 2.74 bits per heavy atom. The normalized spacial score (nSPS) is 10.5. The molecule has 3 N–H and O–H groups in total. The van der Waals surface area contributed by atoms with Gasteiger partial charge in [0.25, 0.3) is 5.91 Å². The lowest BCUT2D eigenvalue weighted by molar-refractivity contribution is 0.0956. The van der Waals surface area contributed by atoms with Crippen LogP contribution in [0.15, 0.2) is 48.8 Å². The highest BCUT2D eigenvalue weighted by atomic mass is 35.5. The second-order valence-electron chi connectivity index (χ2n) is 5.74. The van der Waals surface area contributed by atoms with Gasteiger partial charge in [0.2, 0.25) is 0 Å². The van der Waals surface area contributed by atoms with Crippen LogP contribution in [0.2, 0.25) is 5.02 Å². The maximum absolute atomic E-state index is 12.3. The highest BCUT2D eigenvalue weighted by Gasteiger charge is 2.12. The number of aromatic nitrogens is 3. The zero-order valence-electron chi connectivity index (χ0n) is 15.2. The van der Waals surface area contributed by atoms with Crippen molar-refractivity contribution in [3.63, 3.8) is 0 Å². The monoisotopic (exact) mass is 384 g/mol. The standard InChI is InChI=1S/C19H21ClN6O/c1-3-21-19(27)13-7-5-6-8-15(13)24-16-11-17(22-12-14(16)20)25-18-9-10-23-26(18)4-2/h5-12H,3-4H2,1-2H3,(H,21,27)(H2,22,24,25). The minimum Gasteiger partial charge on any atom is -0.354 e. The predicted octanol–water partition coefficient (Wildman–Crippen LogP) is 4.19. The Bertz CT molecular complexity index is 939. The molecule has 0 saturated carbocycles. The average molecular weight is 385 g/mol. The van der Waals surface area contributed by atoms with Crippen molar-refractivity contribution in [2.45, 2.75) is 20.4 Å². The number of nitrogens with zero attached hydrogens (tertiary/aromatic N) is 3. The first kappa shape index (κ1) is 18.7. The van der Waals surface area contributed by atoms with E-state index in [1.165, 1.54) is 0 Å². The van der Waals surface area contributed by atoms with E-state index in [4.69, 9.17) is 11.6 Å². The molecule has 27 heavy (non-hydrogen) atoms. The Kier molecular flexibility index (Phi) is 5.93. The SMILES string of the molecule is CCNC(=O)c1ccccc1Nc1cc(Nc2ccnn2CC)ncc1Cl. The van der Waals surface area contributed by atoms with E-state index in [0.29, 0.717) is 34.3 Å². The first-order valence-corrected chi connectivity index (χ1v) is 9.08. The summed E-state index contributed by atoms with van der Waals surface area (Å²) in [7, 11) is 0. The molecular weight excluding hydrogens is 364 g/mol. The van der Waals surface area contributed by atoms with Gasteiger partial charge in [-0.1, -0.05) is 23.7 Å². The van der Waals surface area contributed by atoms with Crippen molar-refractivity contribution in [2.75, 3.05) is 17.2 Å². The molecule has 0 radical (unpaired) electrons. The number of benzene rings is 1. The van der Waals surface area contributed by atoms with Crippen molar-refractivity contribution in [1.29, 1.82) is 0 Å². The molecule has 0 bridgehead atoms. The number of carbonyl (C=O) groups is 1. The van der Waals surface area contributed by atoms with Crippen molar-refractivity contribution in [2.24, 2.45) is 0 Å². The van der Waals surface area contributed by atoms with E-state index >= 15 is 0 Å². The second kappa shape index (κ2) is 8.55. The summed E-state index contributed by atoms with van der Waals surface area (Å²) >= 11 is 6.31. The molecule has 0 aliphatic rings. The highest BCUT2D eigenvalue weighted by Crippen LogP contribution is 2.29. The Hall–Kier alpha value is -3.06. The lowest BCUT2D eigenvalue weighted by Gasteiger charge is -2.14. The van der Waals surface area contributed by atoms with Crippen LogP contribution in [0.3, 0.4) is 0 Å². The molecule has 3 rings (SSSR count). The number of pyridine rings is 1. The van der Waals surface area contributed by atoms with Crippen LogP contribution in [0.25, 0.3) is 0 Å². The predicted molar refractivity (Wildman–Crippen MR) is 108 cm³/mol. The number of hydrogen-bond donors (Lipinski definition) is 3. The van der Waals surface area contributed by atoms with Crippen LogP contribution in [0.1, 0.15) is 24.2 Å². The molecule has 1 aromatic carbocycles. The summed E-state index contributed by atoms with van der Waals surface area (Å²) in [5.74, 6) is 1.31. The number of rotatable bonds is 7. The van der Waals surface area contributed by atoms with E-state index in [1.54, 1.807) is 24.5 Å². The van der Waals surface area contributed by atoms with Gasteiger partial charge in [-0.25, -0.2) is 9.67 Å². The first-order chi connectivity index (χ1) is 13.1. The highest BCUT2D eigenvalue weighted by molar-refractivity contribution is 6.33. The van der Waals surface area contributed by atoms with Gasteiger partial charge in [-0.05, 0) is 26.0 Å². The second-order valence-corrected chi connectivity index (χ2v) is 6.14. The Labute approximate surface area is 162 Å². The van der Waals surface area contributed by atoms with E-state index in [0.717, 1.165) is 12.4 Å². The molecule has 0 fully saturated rings. The number of para-hydroxylation sites is 1. The quantitative estimate of drug-likeness (QED) is 0.568. The summed E-state index contributed by atoms with van der Waals surface area (Å²) in [6, 6.07) is 10.9. The summed E-state index contributed by atoms with van der Waals surface area (Å²) in [4.78, 5) is 16.6. The van der Waals surface area contributed by atoms with Crippen LogP contribution in [0, 0.1) is 0 Å². The Balaban J connectivity index is 1.87. The number of anilines is 4. The van der Waals surface area contributed by atoms with Gasteiger partial charge < -0.3 is 16.0 Å². The molecule has 0 atom stereocenters. The van der Waals surface area contributed by atoms with Gasteiger partial charge >= 0.3 is 0 Å². The zero-order chi connectivity index (χ0) is 19.2. The van der Waals surface area contributed by atoms with Crippen molar-refractivity contribution < 1.29 is 4.79 Å². The van der Waals surface area contributed by atoms with Crippen LogP contribution in [0.5, 0.6) is 0 Å². The minimum absolute atomic E-state index is 0.143. The number of nitrogens with one attached hydrogen (secondary N) is 3. The lowest BCUT2D eigenvalue weighted by Crippen LogP contribution is -2.23. The van der Waals surface area contributed by atoms with E-state index in [9.17, 15) is 4.79 Å². The van der Waals surface area contributed by atoms with E-state index in [1.807, 2.05) is 42.8 Å². The van der Waals surface area contributed by atoms with Crippen molar-refractivity contribution in [1.82, 2.24) is 20.1 Å². The third-order valence-electron chi connectivity index (χ3n) is 3.91. The fourth-order valence-electron chi connectivity index (χ4n) is 2.62. The molecule has 0 unspecified atom stereocenters. The molecule has 0 saturated heterocycles. The molecule has 0 aliphatic carbocycles. The van der Waals surface area contributed by atoms with Gasteiger partial charge in [0.1, 0.15) is 11.6 Å². The molecule has 1 amide bonds. The summed E-state index contributed by atoms with van der Waals surface area (Å²) in [5.41, 5.74) is 1.86. The van der Waals surface area contributed by atoms with Crippen molar-refractivity contribution in [3.05, 3.63) is 59.4 Å².